The third-order valence-electron chi connectivity index (χ3n) is 4.79. The molecule has 0 radical (unpaired) electrons. The van der Waals surface area contributed by atoms with Crippen molar-refractivity contribution in [2.45, 2.75) is 13.8 Å². The van der Waals surface area contributed by atoms with E-state index in [4.69, 9.17) is 0 Å². The Kier molecular flexibility index (Phi) is 7.87. The van der Waals surface area contributed by atoms with Crippen molar-refractivity contribution < 1.29 is 9.59 Å². The molecule has 0 fully saturated rings. The molecule has 0 saturated heterocycles. The van der Waals surface area contributed by atoms with Crippen LogP contribution in [0, 0.1) is 7.14 Å². The van der Waals surface area contributed by atoms with Crippen LogP contribution in [-0.4, -0.2) is 24.9 Å². The molecular formula is C24H22I2N2O2. The fourth-order valence-electron chi connectivity index (χ4n) is 3.33. The SMILES string of the molecule is CCN(C(=O)c1ccccc1I)c1ccccc1N(CC)C(=O)c1ccccc1I. The molecule has 2 amide bonds. The van der Waals surface area contributed by atoms with Crippen molar-refractivity contribution in [3.05, 3.63) is 91.1 Å². The van der Waals surface area contributed by atoms with Gasteiger partial charge in [0.1, 0.15) is 0 Å². The average molecular weight is 624 g/mol. The Labute approximate surface area is 204 Å². The Morgan fingerprint density at radius 1 is 0.633 bits per heavy atom. The molecule has 0 aliphatic carbocycles. The summed E-state index contributed by atoms with van der Waals surface area (Å²) < 4.78 is 1.80. The molecule has 0 N–H and O–H groups in total. The molecule has 0 aromatic heterocycles. The number of hydrogen-bond donors (Lipinski definition) is 0. The molecule has 0 saturated carbocycles. The zero-order valence-corrected chi connectivity index (χ0v) is 21.1. The van der Waals surface area contributed by atoms with Crippen LogP contribution < -0.4 is 9.80 Å². The van der Waals surface area contributed by atoms with Crippen molar-refractivity contribution >= 4 is 68.4 Å². The van der Waals surface area contributed by atoms with Crippen molar-refractivity contribution in [3.8, 4) is 0 Å². The van der Waals surface area contributed by atoms with Crippen molar-refractivity contribution in [2.75, 3.05) is 22.9 Å². The van der Waals surface area contributed by atoms with Crippen LogP contribution in [-0.2, 0) is 0 Å². The topological polar surface area (TPSA) is 40.6 Å². The summed E-state index contributed by atoms with van der Waals surface area (Å²) >= 11 is 4.37. The molecule has 4 nitrogen and oxygen atoms in total. The summed E-state index contributed by atoms with van der Waals surface area (Å²) in [6.07, 6.45) is 0. The second-order valence-electron chi connectivity index (χ2n) is 6.55. The second-order valence-corrected chi connectivity index (χ2v) is 8.87. The van der Waals surface area contributed by atoms with Crippen LogP contribution in [0.15, 0.2) is 72.8 Å². The van der Waals surface area contributed by atoms with Gasteiger partial charge in [-0.25, -0.2) is 0 Å². The van der Waals surface area contributed by atoms with Gasteiger partial charge in [0, 0.05) is 20.2 Å². The average Bonchev–Trinajstić information content (AvgIpc) is 2.76. The molecule has 6 heteroatoms. The highest BCUT2D eigenvalue weighted by atomic mass is 127. The highest BCUT2D eigenvalue weighted by molar-refractivity contribution is 14.1. The number of amides is 2. The Hall–Kier alpha value is -1.94. The summed E-state index contributed by atoms with van der Waals surface area (Å²) in [5.41, 5.74) is 2.76. The van der Waals surface area contributed by atoms with E-state index in [9.17, 15) is 9.59 Å². The van der Waals surface area contributed by atoms with Crippen molar-refractivity contribution in [2.24, 2.45) is 0 Å². The fraction of sp³-hybridized carbons (Fsp3) is 0.167. The van der Waals surface area contributed by atoms with Gasteiger partial charge in [0.2, 0.25) is 0 Å². The summed E-state index contributed by atoms with van der Waals surface area (Å²) in [6.45, 7) is 4.89. The second kappa shape index (κ2) is 10.4. The molecule has 3 aromatic carbocycles. The van der Waals surface area contributed by atoms with E-state index in [1.165, 1.54) is 0 Å². The molecule has 0 aliphatic rings. The number of halogens is 2. The molecule has 0 bridgehead atoms. The summed E-state index contributed by atoms with van der Waals surface area (Å²) in [4.78, 5) is 30.2. The van der Waals surface area contributed by atoms with Crippen LogP contribution in [0.2, 0.25) is 0 Å². The quantitative estimate of drug-likeness (QED) is 0.306. The lowest BCUT2D eigenvalue weighted by Crippen LogP contribution is -2.36. The van der Waals surface area contributed by atoms with E-state index in [0.717, 1.165) is 18.5 Å². The summed E-state index contributed by atoms with van der Waals surface area (Å²) in [6, 6.07) is 22.7. The van der Waals surface area contributed by atoms with E-state index in [1.54, 1.807) is 9.80 Å². The smallest absolute Gasteiger partial charge is 0.259 e. The highest BCUT2D eigenvalue weighted by Crippen LogP contribution is 2.32. The molecule has 0 spiro atoms. The standard InChI is InChI=1S/C24H22I2N2O2/c1-3-27(23(29)17-11-5-7-13-19(17)25)21-15-9-10-16-22(21)28(4-2)24(30)18-12-6-8-14-20(18)26/h5-16H,3-4H2,1-2H3. The monoisotopic (exact) mass is 624 g/mol. The maximum absolute atomic E-state index is 13.4. The molecule has 0 heterocycles. The van der Waals surface area contributed by atoms with E-state index in [2.05, 4.69) is 45.2 Å². The van der Waals surface area contributed by atoms with Crippen molar-refractivity contribution in [1.29, 1.82) is 0 Å². The van der Waals surface area contributed by atoms with Crippen molar-refractivity contribution in [3.63, 3.8) is 0 Å². The normalized spacial score (nSPS) is 10.5. The van der Waals surface area contributed by atoms with E-state index in [-0.39, 0.29) is 11.8 Å². The Morgan fingerprint density at radius 3 is 1.30 bits per heavy atom. The van der Waals surface area contributed by atoms with Crippen LogP contribution in [0.1, 0.15) is 34.6 Å². The van der Waals surface area contributed by atoms with E-state index >= 15 is 0 Å². The predicted molar refractivity (Wildman–Crippen MR) is 139 cm³/mol. The van der Waals surface area contributed by atoms with E-state index < -0.39 is 0 Å². The minimum atomic E-state index is -0.0762. The van der Waals surface area contributed by atoms with Crippen LogP contribution in [0.5, 0.6) is 0 Å². The van der Waals surface area contributed by atoms with Crippen LogP contribution in [0.3, 0.4) is 0 Å². The van der Waals surface area contributed by atoms with Gasteiger partial charge in [-0.3, -0.25) is 9.59 Å². The molecule has 154 valence electrons. The maximum Gasteiger partial charge on any atom is 0.259 e. The van der Waals surface area contributed by atoms with Gasteiger partial charge in [-0.15, -0.1) is 0 Å². The first kappa shape index (κ1) is 22.7. The summed E-state index contributed by atoms with van der Waals surface area (Å²) in [5, 5.41) is 0. The number of benzene rings is 3. The van der Waals surface area contributed by atoms with Gasteiger partial charge < -0.3 is 9.80 Å². The molecule has 30 heavy (non-hydrogen) atoms. The third kappa shape index (κ3) is 4.69. The zero-order chi connectivity index (χ0) is 21.7. The van der Waals surface area contributed by atoms with Gasteiger partial charge in [0.05, 0.1) is 22.5 Å². The predicted octanol–water partition coefficient (Wildman–Crippen LogP) is 6.23. The lowest BCUT2D eigenvalue weighted by atomic mass is 10.1. The lowest BCUT2D eigenvalue weighted by molar-refractivity contribution is 0.0975. The van der Waals surface area contributed by atoms with Crippen molar-refractivity contribution in [1.82, 2.24) is 0 Å². The number of para-hydroxylation sites is 2. The third-order valence-corrected chi connectivity index (χ3v) is 6.68. The van der Waals surface area contributed by atoms with Gasteiger partial charge in [-0.1, -0.05) is 36.4 Å². The first-order valence-electron chi connectivity index (χ1n) is 9.71. The lowest BCUT2D eigenvalue weighted by Gasteiger charge is -2.29. The number of hydrogen-bond acceptors (Lipinski definition) is 2. The molecule has 3 rings (SSSR count). The number of anilines is 2. The Bertz CT molecular complexity index is 984. The number of carbonyl (C=O) groups is 2. The van der Waals surface area contributed by atoms with Crippen LogP contribution in [0.25, 0.3) is 0 Å². The first-order valence-corrected chi connectivity index (χ1v) is 11.9. The van der Waals surface area contributed by atoms with Gasteiger partial charge in [0.15, 0.2) is 0 Å². The Balaban J connectivity index is 2.05. The van der Waals surface area contributed by atoms with E-state index in [0.29, 0.717) is 24.2 Å². The van der Waals surface area contributed by atoms with E-state index in [1.807, 2.05) is 86.6 Å². The van der Waals surface area contributed by atoms with Gasteiger partial charge in [0.25, 0.3) is 11.8 Å². The summed E-state index contributed by atoms with van der Waals surface area (Å²) in [5.74, 6) is -0.152. The largest absolute Gasteiger partial charge is 0.307 e. The van der Waals surface area contributed by atoms with Gasteiger partial charge in [-0.05, 0) is 95.4 Å². The number of carbonyl (C=O) groups excluding carboxylic acids is 2. The molecule has 3 aromatic rings. The molecule has 0 unspecified atom stereocenters. The Morgan fingerprint density at radius 2 is 0.967 bits per heavy atom. The minimum Gasteiger partial charge on any atom is -0.307 e. The molecule has 0 aliphatic heterocycles. The first-order chi connectivity index (χ1) is 14.5. The highest BCUT2D eigenvalue weighted by Gasteiger charge is 2.25. The van der Waals surface area contributed by atoms with Gasteiger partial charge >= 0.3 is 0 Å². The van der Waals surface area contributed by atoms with Gasteiger partial charge in [-0.2, -0.15) is 0 Å². The summed E-state index contributed by atoms with van der Waals surface area (Å²) in [7, 11) is 0. The maximum atomic E-state index is 13.4. The number of nitrogens with zero attached hydrogens (tertiary/aromatic N) is 2. The molecular weight excluding hydrogens is 602 g/mol. The van der Waals surface area contributed by atoms with Crippen LogP contribution >= 0.6 is 45.2 Å². The number of rotatable bonds is 6. The fourth-order valence-corrected chi connectivity index (χ4v) is 4.56. The van der Waals surface area contributed by atoms with Crippen LogP contribution in [0.4, 0.5) is 11.4 Å². The zero-order valence-electron chi connectivity index (χ0n) is 16.8. The molecule has 0 atom stereocenters. The minimum absolute atomic E-state index is 0.0762.